The van der Waals surface area contributed by atoms with Crippen LogP contribution in [0.25, 0.3) is 0 Å². The van der Waals surface area contributed by atoms with E-state index in [2.05, 4.69) is 5.32 Å². The fourth-order valence-electron chi connectivity index (χ4n) is 2.75. The zero-order valence-electron chi connectivity index (χ0n) is 14.3. The van der Waals surface area contributed by atoms with Crippen LogP contribution < -0.4 is 5.32 Å². The molecule has 0 aromatic heterocycles. The molecule has 0 aliphatic rings. The van der Waals surface area contributed by atoms with Crippen LogP contribution in [0.3, 0.4) is 0 Å². The molecule has 0 saturated carbocycles. The first-order valence-corrected chi connectivity index (χ1v) is 8.36. The molecule has 0 spiro atoms. The zero-order chi connectivity index (χ0) is 18.1. The number of nitrogens with one attached hydrogen (secondary N) is 1. The summed E-state index contributed by atoms with van der Waals surface area (Å²) in [7, 11) is 0. The van der Waals surface area contributed by atoms with Gasteiger partial charge in [-0.2, -0.15) is 0 Å². The lowest BCUT2D eigenvalue weighted by atomic mass is 9.80. The van der Waals surface area contributed by atoms with Gasteiger partial charge in [-0.1, -0.05) is 74.0 Å². The van der Waals surface area contributed by atoms with Gasteiger partial charge in [0.1, 0.15) is 5.54 Å². The number of rotatable bonds is 8. The van der Waals surface area contributed by atoms with Crippen LogP contribution in [0.4, 0.5) is 4.79 Å². The third-order valence-corrected chi connectivity index (χ3v) is 4.00. The maximum absolute atomic E-state index is 12.3. The van der Waals surface area contributed by atoms with Crippen LogP contribution in [-0.4, -0.2) is 23.8 Å². The Bertz CT molecular complexity index is 646. The third kappa shape index (κ3) is 4.83. The average molecular weight is 341 g/mol. The van der Waals surface area contributed by atoms with Crippen LogP contribution >= 0.6 is 0 Å². The molecule has 2 aromatic rings. The number of hydrogen-bond donors (Lipinski definition) is 2. The Morgan fingerprint density at radius 2 is 1.52 bits per heavy atom. The highest BCUT2D eigenvalue weighted by Crippen LogP contribution is 2.33. The Balaban J connectivity index is 2.44. The van der Waals surface area contributed by atoms with Crippen molar-refractivity contribution in [3.05, 3.63) is 71.8 Å². The van der Waals surface area contributed by atoms with Gasteiger partial charge in [0.15, 0.2) is 0 Å². The molecule has 0 heterocycles. The Kier molecular flexibility index (Phi) is 6.57. The fraction of sp³-hybridized carbons (Fsp3) is 0.300. The van der Waals surface area contributed by atoms with Gasteiger partial charge < -0.3 is 15.2 Å². The third-order valence-electron chi connectivity index (χ3n) is 4.00. The summed E-state index contributed by atoms with van der Waals surface area (Å²) in [5.74, 6) is -1.01. The summed E-state index contributed by atoms with van der Waals surface area (Å²) in [6, 6.07) is 18.2. The van der Waals surface area contributed by atoms with E-state index in [9.17, 15) is 14.7 Å². The molecule has 1 amide bonds. The summed E-state index contributed by atoms with van der Waals surface area (Å²) < 4.78 is 5.22. The number of carbonyl (C=O) groups is 2. The van der Waals surface area contributed by atoms with Crippen LogP contribution in [0.5, 0.6) is 0 Å². The van der Waals surface area contributed by atoms with Crippen LogP contribution in [0, 0.1) is 0 Å². The van der Waals surface area contributed by atoms with Crippen LogP contribution in [0.1, 0.15) is 37.3 Å². The molecule has 0 fully saturated rings. The van der Waals surface area contributed by atoms with Gasteiger partial charge >= 0.3 is 12.1 Å². The molecule has 0 aliphatic carbocycles. The molecule has 0 saturated heterocycles. The molecule has 0 aliphatic heterocycles. The Hall–Kier alpha value is -2.82. The number of amides is 1. The smallest absolute Gasteiger partial charge is 0.408 e. The lowest BCUT2D eigenvalue weighted by Gasteiger charge is -2.34. The predicted octanol–water partition coefficient (Wildman–Crippen LogP) is 3.93. The number of carbonyl (C=O) groups excluding carboxylic acids is 1. The van der Waals surface area contributed by atoms with Gasteiger partial charge in [-0.05, 0) is 17.5 Å². The molecule has 5 heteroatoms. The zero-order valence-corrected chi connectivity index (χ0v) is 14.3. The van der Waals surface area contributed by atoms with Crippen molar-refractivity contribution in [2.45, 2.75) is 31.7 Å². The number of hydrogen-bond acceptors (Lipinski definition) is 3. The van der Waals surface area contributed by atoms with Crippen molar-refractivity contribution in [2.24, 2.45) is 0 Å². The van der Waals surface area contributed by atoms with Crippen molar-refractivity contribution in [3.63, 3.8) is 0 Å². The number of unbranched alkanes of at least 4 members (excludes halogenated alkanes) is 1. The van der Waals surface area contributed by atoms with Gasteiger partial charge in [-0.15, -0.1) is 0 Å². The standard InChI is InChI=1S/C20H23NO4/c1-2-3-14-25-19(24)21-20(15-18(22)23,16-10-6-4-7-11-16)17-12-8-5-9-13-17/h4-13H,2-3,14-15H2,1H3,(H,21,24)(H,22,23). The molecular formula is C20H23NO4. The van der Waals surface area contributed by atoms with E-state index in [4.69, 9.17) is 4.74 Å². The molecule has 2 rings (SSSR count). The lowest BCUT2D eigenvalue weighted by molar-refractivity contribution is -0.138. The highest BCUT2D eigenvalue weighted by Gasteiger charge is 2.38. The van der Waals surface area contributed by atoms with E-state index in [0.717, 1.165) is 12.8 Å². The fourth-order valence-corrected chi connectivity index (χ4v) is 2.75. The van der Waals surface area contributed by atoms with Crippen LogP contribution in [0.2, 0.25) is 0 Å². The number of carboxylic acids is 1. The topological polar surface area (TPSA) is 75.6 Å². The minimum atomic E-state index is -1.20. The second kappa shape index (κ2) is 8.87. The number of alkyl carbamates (subject to hydrolysis) is 1. The molecule has 0 radical (unpaired) electrons. The van der Waals surface area contributed by atoms with E-state index in [1.807, 2.05) is 67.6 Å². The minimum absolute atomic E-state index is 0.288. The van der Waals surface area contributed by atoms with E-state index in [-0.39, 0.29) is 6.42 Å². The molecule has 2 aromatic carbocycles. The molecular weight excluding hydrogens is 318 g/mol. The summed E-state index contributed by atoms with van der Waals surface area (Å²) >= 11 is 0. The predicted molar refractivity (Wildman–Crippen MR) is 95.3 cm³/mol. The van der Waals surface area contributed by atoms with E-state index in [0.29, 0.717) is 17.7 Å². The quantitative estimate of drug-likeness (QED) is 0.713. The van der Waals surface area contributed by atoms with Gasteiger partial charge in [0.25, 0.3) is 0 Å². The Morgan fingerprint density at radius 1 is 1.00 bits per heavy atom. The summed E-state index contributed by atoms with van der Waals surface area (Å²) in [6.07, 6.45) is 0.757. The molecule has 2 N–H and O–H groups in total. The number of aliphatic carboxylic acids is 1. The summed E-state index contributed by atoms with van der Waals surface area (Å²) in [4.78, 5) is 23.9. The van der Waals surface area contributed by atoms with Gasteiger partial charge in [0, 0.05) is 0 Å². The minimum Gasteiger partial charge on any atom is -0.481 e. The van der Waals surface area contributed by atoms with Crippen molar-refractivity contribution < 1.29 is 19.4 Å². The van der Waals surface area contributed by atoms with Crippen molar-refractivity contribution in [2.75, 3.05) is 6.61 Å². The van der Waals surface area contributed by atoms with Crippen molar-refractivity contribution >= 4 is 12.1 Å². The van der Waals surface area contributed by atoms with E-state index in [1.54, 1.807) is 0 Å². The second-order valence-corrected chi connectivity index (χ2v) is 5.82. The first-order chi connectivity index (χ1) is 12.1. The van der Waals surface area contributed by atoms with E-state index >= 15 is 0 Å². The number of benzene rings is 2. The van der Waals surface area contributed by atoms with Crippen LogP contribution in [-0.2, 0) is 15.1 Å². The highest BCUT2D eigenvalue weighted by atomic mass is 16.5. The summed E-state index contributed by atoms with van der Waals surface area (Å²) in [5, 5.41) is 12.3. The molecule has 5 nitrogen and oxygen atoms in total. The molecule has 0 unspecified atom stereocenters. The first-order valence-electron chi connectivity index (χ1n) is 8.36. The maximum atomic E-state index is 12.3. The Labute approximate surface area is 147 Å². The van der Waals surface area contributed by atoms with E-state index < -0.39 is 17.6 Å². The van der Waals surface area contributed by atoms with Crippen molar-refractivity contribution in [1.82, 2.24) is 5.32 Å². The van der Waals surface area contributed by atoms with Gasteiger partial charge in [-0.25, -0.2) is 4.79 Å². The van der Waals surface area contributed by atoms with E-state index in [1.165, 1.54) is 0 Å². The maximum Gasteiger partial charge on any atom is 0.408 e. The highest BCUT2D eigenvalue weighted by molar-refractivity contribution is 5.75. The molecule has 0 bridgehead atoms. The van der Waals surface area contributed by atoms with Gasteiger partial charge in [0.05, 0.1) is 13.0 Å². The monoisotopic (exact) mass is 341 g/mol. The van der Waals surface area contributed by atoms with Gasteiger partial charge in [0.2, 0.25) is 0 Å². The molecule has 132 valence electrons. The van der Waals surface area contributed by atoms with Gasteiger partial charge in [-0.3, -0.25) is 4.79 Å². The number of ether oxygens (including phenoxy) is 1. The largest absolute Gasteiger partial charge is 0.481 e. The lowest BCUT2D eigenvalue weighted by Crippen LogP contribution is -2.48. The van der Waals surface area contributed by atoms with Crippen LogP contribution in [0.15, 0.2) is 60.7 Å². The first kappa shape index (κ1) is 18.5. The molecule has 25 heavy (non-hydrogen) atoms. The summed E-state index contributed by atoms with van der Waals surface area (Å²) in [5.41, 5.74) is 0.185. The Morgan fingerprint density at radius 3 is 1.96 bits per heavy atom. The number of carboxylic acid groups (broad SMARTS) is 1. The SMILES string of the molecule is CCCCOC(=O)NC(CC(=O)O)(c1ccccc1)c1ccccc1. The second-order valence-electron chi connectivity index (χ2n) is 5.82. The summed E-state index contributed by atoms with van der Waals surface area (Å²) in [6.45, 7) is 2.30. The normalized spacial score (nSPS) is 10.9. The molecule has 0 atom stereocenters. The average Bonchev–Trinajstić information content (AvgIpc) is 2.62. The van der Waals surface area contributed by atoms with Crippen molar-refractivity contribution in [3.8, 4) is 0 Å². The van der Waals surface area contributed by atoms with Crippen molar-refractivity contribution in [1.29, 1.82) is 0 Å².